The second-order valence-corrected chi connectivity index (χ2v) is 10.6. The normalized spacial score (nSPS) is 17.9. The minimum Gasteiger partial charge on any atom is -0.370 e. The molecule has 0 spiro atoms. The number of aliphatic imine (C=N–C) groups is 1. The number of rotatable bonds is 12. The molecule has 4 rings (SSSR count). The van der Waals surface area contributed by atoms with Gasteiger partial charge in [0.2, 0.25) is 0 Å². The number of aryl methyl sites for hydroxylation is 1. The Hall–Kier alpha value is -4.10. The smallest absolute Gasteiger partial charge is 0.370 e. The summed E-state index contributed by atoms with van der Waals surface area (Å²) in [5.74, 6) is 0.0759. The maximum atomic E-state index is 13.7. The average molecular weight is 586 g/mol. The third-order valence-electron chi connectivity index (χ3n) is 7.03. The van der Waals surface area contributed by atoms with Gasteiger partial charge in [-0.2, -0.15) is 13.2 Å². The number of nitrogens with zero attached hydrogens (tertiary/aromatic N) is 3. The van der Waals surface area contributed by atoms with Gasteiger partial charge in [-0.3, -0.25) is 14.9 Å². The van der Waals surface area contributed by atoms with Crippen molar-refractivity contribution in [3.05, 3.63) is 76.8 Å². The summed E-state index contributed by atoms with van der Waals surface area (Å²) < 4.78 is 41.1. The SMILES string of the molecule is C[C@H](N)CCCc1cc(C(F)(F)F)cc(C2=CC3=CN(c4ccc([C@H](C)NCCCN=C(N)N)cc4)C(=O)NC3N2)n1. The minimum atomic E-state index is -4.52. The first kappa shape index (κ1) is 30.8. The summed E-state index contributed by atoms with van der Waals surface area (Å²) in [6, 6.07) is 9.36. The van der Waals surface area contributed by atoms with Gasteiger partial charge in [0.15, 0.2) is 5.96 Å². The lowest BCUT2D eigenvalue weighted by molar-refractivity contribution is -0.137. The van der Waals surface area contributed by atoms with E-state index >= 15 is 0 Å². The molecule has 0 saturated heterocycles. The Morgan fingerprint density at radius 1 is 1.14 bits per heavy atom. The van der Waals surface area contributed by atoms with Crippen molar-refractivity contribution in [2.45, 2.75) is 64.0 Å². The van der Waals surface area contributed by atoms with E-state index in [1.54, 1.807) is 12.3 Å². The highest BCUT2D eigenvalue weighted by Crippen LogP contribution is 2.33. The molecule has 0 radical (unpaired) electrons. The Morgan fingerprint density at radius 3 is 2.55 bits per heavy atom. The van der Waals surface area contributed by atoms with Crippen LogP contribution in [0.3, 0.4) is 0 Å². The molecule has 13 heteroatoms. The van der Waals surface area contributed by atoms with Gasteiger partial charge >= 0.3 is 12.2 Å². The number of fused-ring (bicyclic) bond motifs is 1. The lowest BCUT2D eigenvalue weighted by Crippen LogP contribution is -2.51. The first-order chi connectivity index (χ1) is 19.9. The van der Waals surface area contributed by atoms with Gasteiger partial charge in [-0.1, -0.05) is 12.1 Å². The molecule has 1 aromatic carbocycles. The van der Waals surface area contributed by atoms with E-state index in [1.165, 1.54) is 4.90 Å². The molecule has 2 aromatic rings. The van der Waals surface area contributed by atoms with Crippen LogP contribution in [-0.4, -0.2) is 42.3 Å². The van der Waals surface area contributed by atoms with Crippen molar-refractivity contribution in [2.24, 2.45) is 22.2 Å². The number of benzene rings is 1. The summed E-state index contributed by atoms with van der Waals surface area (Å²) in [7, 11) is 0. The molecule has 0 bridgehead atoms. The van der Waals surface area contributed by atoms with Crippen molar-refractivity contribution < 1.29 is 18.0 Å². The summed E-state index contributed by atoms with van der Waals surface area (Å²) >= 11 is 0. The van der Waals surface area contributed by atoms with Crippen LogP contribution in [0.25, 0.3) is 5.70 Å². The molecule has 0 fully saturated rings. The van der Waals surface area contributed by atoms with Crippen LogP contribution in [0.1, 0.15) is 61.7 Å². The van der Waals surface area contributed by atoms with Crippen LogP contribution < -0.4 is 38.1 Å². The van der Waals surface area contributed by atoms with Crippen LogP contribution in [0.15, 0.2) is 59.2 Å². The van der Waals surface area contributed by atoms with E-state index < -0.39 is 17.9 Å². The zero-order valence-electron chi connectivity index (χ0n) is 23.7. The standard InChI is InChI=1S/C29H38F3N9O/c1-17(33)5-3-6-22-14-21(29(30,31)32)15-25(38-22)24-13-20-16-41(28(42)40-26(20)39-24)23-9-7-19(8-10-23)18(2)36-11-4-12-37-27(34)35/h7-10,13-18,26,36,39H,3-6,11-12,33H2,1-2H3,(H,40,42)(H4,34,35,37)/t17-,18-,26?/m0/s1. The van der Waals surface area contributed by atoms with E-state index in [2.05, 4.69) is 25.9 Å². The van der Waals surface area contributed by atoms with Gasteiger partial charge in [-0.05, 0) is 82.0 Å². The number of nitrogens with two attached hydrogens (primary N) is 3. The summed E-state index contributed by atoms with van der Waals surface area (Å²) in [4.78, 5) is 22.9. The second kappa shape index (κ2) is 13.3. The highest BCUT2D eigenvalue weighted by Gasteiger charge is 2.34. The third kappa shape index (κ3) is 8.01. The third-order valence-corrected chi connectivity index (χ3v) is 7.03. The Labute approximate surface area is 243 Å². The van der Waals surface area contributed by atoms with E-state index in [0.717, 1.165) is 30.7 Å². The van der Waals surface area contributed by atoms with Gasteiger partial charge in [-0.15, -0.1) is 0 Å². The number of urea groups is 1. The van der Waals surface area contributed by atoms with Gasteiger partial charge in [-0.25, -0.2) is 4.79 Å². The maximum Gasteiger partial charge on any atom is 0.416 e. The summed E-state index contributed by atoms with van der Waals surface area (Å²) in [5, 5.41) is 9.38. The minimum absolute atomic E-state index is 0.0414. The number of amides is 2. The number of guanidine groups is 1. The molecule has 226 valence electrons. The van der Waals surface area contributed by atoms with Crippen LogP contribution in [0.4, 0.5) is 23.7 Å². The van der Waals surface area contributed by atoms with Crippen molar-refractivity contribution in [2.75, 3.05) is 18.0 Å². The van der Waals surface area contributed by atoms with Crippen molar-refractivity contribution in [3.63, 3.8) is 0 Å². The van der Waals surface area contributed by atoms with Crippen molar-refractivity contribution >= 4 is 23.4 Å². The number of carbonyl (C=O) groups excluding carboxylic acids is 1. The molecule has 2 aliphatic heterocycles. The average Bonchev–Trinajstić information content (AvgIpc) is 3.34. The molecule has 42 heavy (non-hydrogen) atoms. The van der Waals surface area contributed by atoms with Crippen molar-refractivity contribution in [1.29, 1.82) is 0 Å². The van der Waals surface area contributed by atoms with Crippen molar-refractivity contribution in [3.8, 4) is 0 Å². The molecule has 2 aliphatic rings. The highest BCUT2D eigenvalue weighted by molar-refractivity contribution is 5.96. The summed E-state index contributed by atoms with van der Waals surface area (Å²) in [6.07, 6.45) is 0.781. The lowest BCUT2D eigenvalue weighted by atomic mass is 10.1. The number of hydrogen-bond donors (Lipinski definition) is 6. The molecule has 9 N–H and O–H groups in total. The zero-order valence-corrected chi connectivity index (χ0v) is 23.7. The number of aromatic nitrogens is 1. The van der Waals surface area contributed by atoms with E-state index in [0.29, 0.717) is 48.5 Å². The molecular formula is C29H38F3N9O. The van der Waals surface area contributed by atoms with Gasteiger partial charge in [0.1, 0.15) is 6.17 Å². The largest absolute Gasteiger partial charge is 0.416 e. The van der Waals surface area contributed by atoms with Crippen LogP contribution in [0, 0.1) is 0 Å². The second-order valence-electron chi connectivity index (χ2n) is 10.6. The van der Waals surface area contributed by atoms with E-state index in [1.807, 2.05) is 38.1 Å². The predicted octanol–water partition coefficient (Wildman–Crippen LogP) is 3.47. The Kier molecular flexibility index (Phi) is 9.74. The number of nitrogens with one attached hydrogen (secondary N) is 3. The number of hydrogen-bond acceptors (Lipinski definition) is 6. The van der Waals surface area contributed by atoms with Crippen molar-refractivity contribution in [1.82, 2.24) is 20.9 Å². The first-order valence-corrected chi connectivity index (χ1v) is 13.9. The topological polar surface area (TPSA) is 160 Å². The first-order valence-electron chi connectivity index (χ1n) is 13.9. The fraction of sp³-hybridized carbons (Fsp3) is 0.414. The Morgan fingerprint density at radius 2 is 1.88 bits per heavy atom. The molecule has 1 aromatic heterocycles. The van der Waals surface area contributed by atoms with Crippen LogP contribution >= 0.6 is 0 Å². The number of pyridine rings is 1. The number of carbonyl (C=O) groups is 1. The fourth-order valence-corrected chi connectivity index (χ4v) is 4.77. The van der Waals surface area contributed by atoms with Gasteiger partial charge in [0, 0.05) is 36.1 Å². The maximum absolute atomic E-state index is 13.7. The molecule has 0 aliphatic carbocycles. The molecule has 3 heterocycles. The molecule has 2 amide bonds. The quantitative estimate of drug-likeness (QED) is 0.126. The fourth-order valence-electron chi connectivity index (χ4n) is 4.77. The summed E-state index contributed by atoms with van der Waals surface area (Å²) in [5.41, 5.74) is 19.0. The molecule has 10 nitrogen and oxygen atoms in total. The van der Waals surface area contributed by atoms with E-state index in [9.17, 15) is 18.0 Å². The number of alkyl halides is 3. The highest BCUT2D eigenvalue weighted by atomic mass is 19.4. The van der Waals surface area contributed by atoms with E-state index in [-0.39, 0.29) is 29.8 Å². The predicted molar refractivity (Wildman–Crippen MR) is 158 cm³/mol. The molecule has 3 atom stereocenters. The zero-order chi connectivity index (χ0) is 30.4. The monoisotopic (exact) mass is 585 g/mol. The Bertz CT molecular complexity index is 1350. The summed E-state index contributed by atoms with van der Waals surface area (Å²) in [6.45, 7) is 5.18. The van der Waals surface area contributed by atoms with Gasteiger partial charge < -0.3 is 33.2 Å². The van der Waals surface area contributed by atoms with Crippen LogP contribution in [0.5, 0.6) is 0 Å². The Balaban J connectivity index is 1.49. The number of halogens is 3. The molecule has 1 unspecified atom stereocenters. The number of anilines is 1. The van der Waals surface area contributed by atoms with Crippen LogP contribution in [-0.2, 0) is 12.6 Å². The molecular weight excluding hydrogens is 547 g/mol. The van der Waals surface area contributed by atoms with E-state index in [4.69, 9.17) is 17.2 Å². The van der Waals surface area contributed by atoms with Gasteiger partial charge in [0.05, 0.1) is 22.6 Å². The van der Waals surface area contributed by atoms with Gasteiger partial charge in [0.25, 0.3) is 0 Å². The molecule has 0 saturated carbocycles. The van der Waals surface area contributed by atoms with Crippen LogP contribution in [0.2, 0.25) is 0 Å². The lowest BCUT2D eigenvalue weighted by Gasteiger charge is -2.29.